The quantitative estimate of drug-likeness (QED) is 0.603. The van der Waals surface area contributed by atoms with Gasteiger partial charge in [0, 0.05) is 45.7 Å². The van der Waals surface area contributed by atoms with Gasteiger partial charge in [0.05, 0.1) is 6.61 Å². The minimum absolute atomic E-state index is 0.115. The largest absolute Gasteiger partial charge is 0.387 e. The van der Waals surface area contributed by atoms with Crippen molar-refractivity contribution in [2.24, 2.45) is 0 Å². The van der Waals surface area contributed by atoms with Crippen LogP contribution in [-0.2, 0) is 19.0 Å². The molecule has 0 amide bonds. The number of rotatable bonds is 6. The second-order valence-electron chi connectivity index (χ2n) is 6.46. The van der Waals surface area contributed by atoms with Crippen molar-refractivity contribution in [3.05, 3.63) is 33.1 Å². The second kappa shape index (κ2) is 8.42. The highest BCUT2D eigenvalue weighted by molar-refractivity contribution is 4.94. The van der Waals surface area contributed by atoms with E-state index >= 15 is 0 Å². The van der Waals surface area contributed by atoms with Gasteiger partial charge in [0.15, 0.2) is 6.23 Å². The van der Waals surface area contributed by atoms with Crippen LogP contribution in [0, 0.1) is 0 Å². The first-order valence-corrected chi connectivity index (χ1v) is 8.62. The zero-order valence-corrected chi connectivity index (χ0v) is 14.9. The number of nitrogens with one attached hydrogen (secondary N) is 1. The lowest BCUT2D eigenvalue weighted by molar-refractivity contribution is -0.209. The standard InChI is InChI=1S/C16H25N3O7/c1-18(10-4-7-24-8-5-10)25-9-11-13(21)14(23-2)15(26-11)19-6-3-12(20)17-16(19)22/h3,6,10-11,13-15,21H,4-5,7-9H2,1-2H3,(H,17,20,22)/t11-,13?,14?,15-/m1/s1. The molecular formula is C16H25N3O7. The van der Waals surface area contributed by atoms with Crippen molar-refractivity contribution in [3.8, 4) is 0 Å². The van der Waals surface area contributed by atoms with Crippen LogP contribution in [0.3, 0.4) is 0 Å². The molecule has 146 valence electrons. The summed E-state index contributed by atoms with van der Waals surface area (Å²) < 4.78 is 17.7. The highest BCUT2D eigenvalue weighted by atomic mass is 16.7. The van der Waals surface area contributed by atoms with Gasteiger partial charge in [0.2, 0.25) is 0 Å². The van der Waals surface area contributed by atoms with E-state index in [1.807, 2.05) is 7.05 Å². The number of nitrogens with zero attached hydrogens (tertiary/aromatic N) is 2. The fourth-order valence-electron chi connectivity index (χ4n) is 3.31. The third-order valence-electron chi connectivity index (χ3n) is 4.86. The van der Waals surface area contributed by atoms with Crippen LogP contribution in [0.5, 0.6) is 0 Å². The molecule has 3 rings (SSSR count). The Hall–Kier alpha value is -1.56. The third-order valence-corrected chi connectivity index (χ3v) is 4.86. The Labute approximate surface area is 150 Å². The fraction of sp³-hybridized carbons (Fsp3) is 0.750. The average molecular weight is 371 g/mol. The fourth-order valence-corrected chi connectivity index (χ4v) is 3.31. The average Bonchev–Trinajstić information content (AvgIpc) is 2.96. The number of aromatic nitrogens is 2. The summed E-state index contributed by atoms with van der Waals surface area (Å²) in [7, 11) is 3.27. The van der Waals surface area contributed by atoms with Gasteiger partial charge in [0.25, 0.3) is 5.56 Å². The molecule has 1 aromatic heterocycles. The van der Waals surface area contributed by atoms with E-state index in [2.05, 4.69) is 4.98 Å². The van der Waals surface area contributed by atoms with E-state index in [-0.39, 0.29) is 12.6 Å². The van der Waals surface area contributed by atoms with Crippen molar-refractivity contribution in [1.82, 2.24) is 14.6 Å². The SMILES string of the molecule is COC1C(O)[C@@H](CON(C)C2CCOCC2)O[C@H]1n1ccc(=O)[nH]c1=O. The molecule has 2 saturated heterocycles. The molecule has 4 atom stereocenters. The molecule has 2 fully saturated rings. The maximum atomic E-state index is 12.0. The van der Waals surface area contributed by atoms with E-state index in [1.54, 1.807) is 5.06 Å². The molecule has 2 N–H and O–H groups in total. The molecule has 10 nitrogen and oxygen atoms in total. The number of aliphatic hydroxyl groups is 1. The Morgan fingerprint density at radius 3 is 2.77 bits per heavy atom. The summed E-state index contributed by atoms with van der Waals surface area (Å²) in [5.41, 5.74) is -1.13. The van der Waals surface area contributed by atoms with Crippen molar-refractivity contribution in [2.45, 2.75) is 43.4 Å². The van der Waals surface area contributed by atoms with Crippen LogP contribution in [0.4, 0.5) is 0 Å². The summed E-state index contributed by atoms with van der Waals surface area (Å²) in [6, 6.07) is 1.46. The van der Waals surface area contributed by atoms with Crippen molar-refractivity contribution < 1.29 is 24.2 Å². The zero-order chi connectivity index (χ0) is 18.7. The molecule has 3 heterocycles. The Morgan fingerprint density at radius 2 is 2.12 bits per heavy atom. The lowest BCUT2D eigenvalue weighted by atomic mass is 10.1. The molecular weight excluding hydrogens is 346 g/mol. The van der Waals surface area contributed by atoms with E-state index < -0.39 is 35.8 Å². The van der Waals surface area contributed by atoms with Crippen LogP contribution in [0.15, 0.2) is 21.9 Å². The Morgan fingerprint density at radius 1 is 1.38 bits per heavy atom. The van der Waals surface area contributed by atoms with E-state index in [0.29, 0.717) is 13.2 Å². The first-order valence-electron chi connectivity index (χ1n) is 8.62. The van der Waals surface area contributed by atoms with E-state index in [4.69, 9.17) is 19.0 Å². The van der Waals surface area contributed by atoms with Gasteiger partial charge in [-0.1, -0.05) is 0 Å². The lowest BCUT2D eigenvalue weighted by Gasteiger charge is -2.31. The van der Waals surface area contributed by atoms with Gasteiger partial charge in [-0.2, -0.15) is 5.06 Å². The summed E-state index contributed by atoms with van der Waals surface area (Å²) in [5.74, 6) is 0. The highest BCUT2D eigenvalue weighted by Gasteiger charge is 2.45. The predicted molar refractivity (Wildman–Crippen MR) is 89.6 cm³/mol. The van der Waals surface area contributed by atoms with Crippen molar-refractivity contribution in [2.75, 3.05) is 34.0 Å². The maximum absolute atomic E-state index is 12.0. The zero-order valence-electron chi connectivity index (χ0n) is 14.9. The van der Waals surface area contributed by atoms with Crippen molar-refractivity contribution >= 4 is 0 Å². The summed E-state index contributed by atoms with van der Waals surface area (Å²) in [5, 5.41) is 12.3. The summed E-state index contributed by atoms with van der Waals surface area (Å²) in [6.45, 7) is 1.51. The number of hydrogen-bond donors (Lipinski definition) is 2. The van der Waals surface area contributed by atoms with Crippen molar-refractivity contribution in [1.29, 1.82) is 0 Å². The van der Waals surface area contributed by atoms with E-state index in [9.17, 15) is 14.7 Å². The predicted octanol–water partition coefficient (Wildman–Crippen LogP) is -1.15. The van der Waals surface area contributed by atoms with Crippen LogP contribution in [0.2, 0.25) is 0 Å². The first kappa shape index (κ1) is 19.2. The number of aliphatic hydroxyl groups excluding tert-OH is 1. The third kappa shape index (κ3) is 4.05. The molecule has 0 aliphatic carbocycles. The smallest absolute Gasteiger partial charge is 0.330 e. The number of hydrogen-bond acceptors (Lipinski definition) is 8. The van der Waals surface area contributed by atoms with Crippen LogP contribution in [0.25, 0.3) is 0 Å². The summed E-state index contributed by atoms with van der Waals surface area (Å²) in [6.07, 6.45) is -0.205. The summed E-state index contributed by atoms with van der Waals surface area (Å²) >= 11 is 0. The van der Waals surface area contributed by atoms with Gasteiger partial charge in [-0.3, -0.25) is 19.2 Å². The van der Waals surface area contributed by atoms with E-state index in [1.165, 1.54) is 23.9 Å². The molecule has 26 heavy (non-hydrogen) atoms. The Bertz CT molecular complexity index is 700. The topological polar surface area (TPSA) is 115 Å². The molecule has 0 bridgehead atoms. The minimum Gasteiger partial charge on any atom is -0.387 e. The number of aromatic amines is 1. The lowest BCUT2D eigenvalue weighted by Crippen LogP contribution is -2.41. The highest BCUT2D eigenvalue weighted by Crippen LogP contribution is 2.30. The molecule has 10 heteroatoms. The molecule has 2 aliphatic heterocycles. The molecule has 0 spiro atoms. The molecule has 1 aromatic rings. The molecule has 2 aliphatic rings. The number of ether oxygens (including phenoxy) is 3. The minimum atomic E-state index is -0.980. The normalized spacial score (nSPS) is 30.2. The first-order chi connectivity index (χ1) is 12.5. The van der Waals surface area contributed by atoms with Gasteiger partial charge in [0.1, 0.15) is 18.3 Å². The van der Waals surface area contributed by atoms with Gasteiger partial charge in [-0.05, 0) is 12.8 Å². The Balaban J connectivity index is 1.65. The monoisotopic (exact) mass is 371 g/mol. The maximum Gasteiger partial charge on any atom is 0.330 e. The molecule has 2 unspecified atom stereocenters. The Kier molecular flexibility index (Phi) is 6.22. The van der Waals surface area contributed by atoms with Gasteiger partial charge in [-0.25, -0.2) is 4.79 Å². The number of H-pyrrole nitrogens is 1. The van der Waals surface area contributed by atoms with Gasteiger partial charge >= 0.3 is 5.69 Å². The number of methoxy groups -OCH3 is 1. The van der Waals surface area contributed by atoms with Crippen LogP contribution in [-0.4, -0.2) is 78.1 Å². The van der Waals surface area contributed by atoms with Crippen LogP contribution < -0.4 is 11.2 Å². The summed E-state index contributed by atoms with van der Waals surface area (Å²) in [4.78, 5) is 31.2. The van der Waals surface area contributed by atoms with Crippen molar-refractivity contribution in [3.63, 3.8) is 0 Å². The van der Waals surface area contributed by atoms with E-state index in [0.717, 1.165) is 12.8 Å². The van der Waals surface area contributed by atoms with Crippen LogP contribution in [0.1, 0.15) is 19.1 Å². The molecule has 0 saturated carbocycles. The van der Waals surface area contributed by atoms with Gasteiger partial charge < -0.3 is 19.3 Å². The second-order valence-corrected chi connectivity index (χ2v) is 6.46. The molecule has 0 aromatic carbocycles. The molecule has 0 radical (unpaired) electrons. The number of hydroxylamine groups is 2. The van der Waals surface area contributed by atoms with Gasteiger partial charge in [-0.15, -0.1) is 0 Å². The van der Waals surface area contributed by atoms with Crippen LogP contribution >= 0.6 is 0 Å².